The second kappa shape index (κ2) is 9.77. The van der Waals surface area contributed by atoms with Crippen molar-refractivity contribution >= 4 is 23.4 Å². The summed E-state index contributed by atoms with van der Waals surface area (Å²) < 4.78 is 0. The van der Waals surface area contributed by atoms with Crippen molar-refractivity contribution in [1.29, 1.82) is 5.26 Å². The highest BCUT2D eigenvalue weighted by atomic mass is 32.2. The Labute approximate surface area is 172 Å². The van der Waals surface area contributed by atoms with Gasteiger partial charge in [0.05, 0.1) is 23.9 Å². The SMILES string of the molecule is CCCN(CC(=O)N1CCC(C)Sc2ccccc21)Cc1ccc(C#N)cc1. The minimum absolute atomic E-state index is 0.157. The molecule has 2 aromatic carbocycles. The molecule has 4 nitrogen and oxygen atoms in total. The molecule has 1 heterocycles. The van der Waals surface area contributed by atoms with Gasteiger partial charge in [0.15, 0.2) is 0 Å². The molecule has 0 bridgehead atoms. The van der Waals surface area contributed by atoms with E-state index in [1.54, 1.807) is 0 Å². The Morgan fingerprint density at radius 2 is 2.00 bits per heavy atom. The molecule has 3 rings (SSSR count). The molecule has 0 aromatic heterocycles. The summed E-state index contributed by atoms with van der Waals surface area (Å²) >= 11 is 1.86. The summed E-state index contributed by atoms with van der Waals surface area (Å²) in [4.78, 5) is 18.6. The number of carbonyl (C=O) groups is 1. The van der Waals surface area contributed by atoms with Gasteiger partial charge in [-0.3, -0.25) is 9.69 Å². The summed E-state index contributed by atoms with van der Waals surface area (Å²) in [5, 5.41) is 9.47. The fourth-order valence-electron chi connectivity index (χ4n) is 3.50. The topological polar surface area (TPSA) is 47.3 Å². The van der Waals surface area contributed by atoms with Gasteiger partial charge in [-0.15, -0.1) is 11.8 Å². The zero-order valence-corrected chi connectivity index (χ0v) is 17.4. The molecule has 2 aromatic rings. The molecule has 0 N–H and O–H groups in total. The summed E-state index contributed by atoms with van der Waals surface area (Å²) in [5.74, 6) is 0.157. The second-order valence-electron chi connectivity index (χ2n) is 7.25. The maximum Gasteiger partial charge on any atom is 0.241 e. The number of carbonyl (C=O) groups excluding carboxylic acids is 1. The largest absolute Gasteiger partial charge is 0.310 e. The number of anilines is 1. The number of hydrogen-bond donors (Lipinski definition) is 0. The first-order chi connectivity index (χ1) is 13.6. The monoisotopic (exact) mass is 393 g/mol. The molecule has 1 unspecified atom stereocenters. The van der Waals surface area contributed by atoms with Crippen LogP contribution in [0.3, 0.4) is 0 Å². The first-order valence-electron chi connectivity index (χ1n) is 9.88. The third kappa shape index (κ3) is 5.15. The van der Waals surface area contributed by atoms with Gasteiger partial charge in [-0.25, -0.2) is 0 Å². The number of benzene rings is 2. The zero-order valence-electron chi connectivity index (χ0n) is 16.6. The molecule has 0 radical (unpaired) electrons. The minimum atomic E-state index is 0.157. The molecule has 1 aliphatic rings. The predicted octanol–water partition coefficient (Wildman–Crippen LogP) is 4.69. The average molecular weight is 394 g/mol. The van der Waals surface area contributed by atoms with Crippen LogP contribution in [0.1, 0.15) is 37.8 Å². The number of hydrogen-bond acceptors (Lipinski definition) is 4. The second-order valence-corrected chi connectivity index (χ2v) is 8.73. The molecule has 5 heteroatoms. The van der Waals surface area contributed by atoms with Crippen LogP contribution < -0.4 is 4.90 Å². The number of nitriles is 1. The Kier molecular flexibility index (Phi) is 7.13. The van der Waals surface area contributed by atoms with Crippen molar-refractivity contribution in [1.82, 2.24) is 4.90 Å². The van der Waals surface area contributed by atoms with E-state index in [0.29, 0.717) is 23.9 Å². The van der Waals surface area contributed by atoms with Crippen LogP contribution in [-0.2, 0) is 11.3 Å². The molecule has 0 saturated heterocycles. The number of para-hydroxylation sites is 1. The molecule has 0 spiro atoms. The summed E-state index contributed by atoms with van der Waals surface area (Å²) in [6.07, 6.45) is 1.99. The summed E-state index contributed by atoms with van der Waals surface area (Å²) in [6.45, 7) is 7.11. The first kappa shape index (κ1) is 20.4. The van der Waals surface area contributed by atoms with Crippen LogP contribution >= 0.6 is 11.8 Å². The minimum Gasteiger partial charge on any atom is -0.310 e. The van der Waals surface area contributed by atoms with Gasteiger partial charge in [-0.05, 0) is 49.2 Å². The molecule has 0 saturated carbocycles. The van der Waals surface area contributed by atoms with Gasteiger partial charge in [0.25, 0.3) is 0 Å². The molecule has 28 heavy (non-hydrogen) atoms. The Morgan fingerprint density at radius 1 is 1.25 bits per heavy atom. The Morgan fingerprint density at radius 3 is 2.71 bits per heavy atom. The van der Waals surface area contributed by atoms with Crippen LogP contribution in [0, 0.1) is 11.3 Å². The quantitative estimate of drug-likeness (QED) is 0.714. The van der Waals surface area contributed by atoms with E-state index in [9.17, 15) is 4.79 Å². The van der Waals surface area contributed by atoms with Crippen LogP contribution in [-0.4, -0.2) is 35.7 Å². The van der Waals surface area contributed by atoms with Crippen LogP contribution in [0.4, 0.5) is 5.69 Å². The molecule has 1 atom stereocenters. The van der Waals surface area contributed by atoms with Crippen molar-refractivity contribution in [3.8, 4) is 6.07 Å². The first-order valence-corrected chi connectivity index (χ1v) is 10.8. The molecule has 0 aliphatic carbocycles. The van der Waals surface area contributed by atoms with Crippen molar-refractivity contribution in [3.05, 3.63) is 59.7 Å². The summed E-state index contributed by atoms with van der Waals surface area (Å²) in [7, 11) is 0. The van der Waals surface area contributed by atoms with Gasteiger partial charge < -0.3 is 4.90 Å². The van der Waals surface area contributed by atoms with Gasteiger partial charge in [0.2, 0.25) is 5.91 Å². The van der Waals surface area contributed by atoms with Crippen molar-refractivity contribution in [3.63, 3.8) is 0 Å². The molecular weight excluding hydrogens is 366 g/mol. The van der Waals surface area contributed by atoms with E-state index >= 15 is 0 Å². The fourth-order valence-corrected chi connectivity index (χ4v) is 4.61. The van der Waals surface area contributed by atoms with Crippen LogP contribution in [0.2, 0.25) is 0 Å². The number of thioether (sulfide) groups is 1. The van der Waals surface area contributed by atoms with Gasteiger partial charge in [0, 0.05) is 23.2 Å². The number of nitrogens with zero attached hydrogens (tertiary/aromatic N) is 3. The molecular formula is C23H27N3OS. The maximum atomic E-state index is 13.2. The maximum absolute atomic E-state index is 13.2. The molecule has 1 amide bonds. The molecule has 146 valence electrons. The van der Waals surface area contributed by atoms with Gasteiger partial charge in [0.1, 0.15) is 0 Å². The van der Waals surface area contributed by atoms with Crippen LogP contribution in [0.5, 0.6) is 0 Å². The van der Waals surface area contributed by atoms with Crippen molar-refractivity contribution in [2.45, 2.75) is 43.4 Å². The van der Waals surface area contributed by atoms with E-state index < -0.39 is 0 Å². The normalized spacial score (nSPS) is 16.4. The lowest BCUT2D eigenvalue weighted by Gasteiger charge is -2.27. The van der Waals surface area contributed by atoms with Crippen molar-refractivity contribution in [2.75, 3.05) is 24.5 Å². The van der Waals surface area contributed by atoms with Gasteiger partial charge in [-0.1, -0.05) is 38.1 Å². The summed E-state index contributed by atoms with van der Waals surface area (Å²) in [5.41, 5.74) is 2.83. The zero-order chi connectivity index (χ0) is 19.9. The lowest BCUT2D eigenvalue weighted by molar-refractivity contribution is -0.119. The Balaban J connectivity index is 1.73. The molecule has 1 aliphatic heterocycles. The smallest absolute Gasteiger partial charge is 0.241 e. The van der Waals surface area contributed by atoms with E-state index in [4.69, 9.17) is 5.26 Å². The lowest BCUT2D eigenvalue weighted by Crippen LogP contribution is -2.41. The van der Waals surface area contributed by atoms with Crippen molar-refractivity contribution < 1.29 is 4.79 Å². The highest BCUT2D eigenvalue weighted by Crippen LogP contribution is 2.37. The van der Waals surface area contributed by atoms with E-state index in [0.717, 1.165) is 37.2 Å². The number of rotatable bonds is 6. The van der Waals surface area contributed by atoms with Gasteiger partial charge >= 0.3 is 0 Å². The van der Waals surface area contributed by atoms with E-state index in [1.807, 2.05) is 53.1 Å². The highest BCUT2D eigenvalue weighted by Gasteiger charge is 2.25. The predicted molar refractivity (Wildman–Crippen MR) is 115 cm³/mol. The average Bonchev–Trinajstić information content (AvgIpc) is 2.87. The third-order valence-electron chi connectivity index (χ3n) is 4.93. The molecule has 0 fully saturated rings. The number of fused-ring (bicyclic) bond motifs is 1. The highest BCUT2D eigenvalue weighted by molar-refractivity contribution is 8.00. The summed E-state index contributed by atoms with van der Waals surface area (Å²) in [6, 6.07) is 18.0. The Hall–Kier alpha value is -2.29. The lowest BCUT2D eigenvalue weighted by atomic mass is 10.1. The fraction of sp³-hybridized carbons (Fsp3) is 0.391. The number of amides is 1. The van der Waals surface area contributed by atoms with Crippen LogP contribution in [0.15, 0.2) is 53.4 Å². The Bertz CT molecular complexity index is 844. The van der Waals surface area contributed by atoms with Crippen LogP contribution in [0.25, 0.3) is 0 Å². The standard InChI is InChI=1S/C23H27N3OS/c1-3-13-25(16-20-10-8-19(15-24)9-11-20)17-23(27)26-14-12-18(2)28-22-7-5-4-6-21(22)26/h4-11,18H,3,12-14,16-17H2,1-2H3. The van der Waals surface area contributed by atoms with E-state index in [2.05, 4.69) is 36.9 Å². The third-order valence-corrected chi connectivity index (χ3v) is 6.17. The van der Waals surface area contributed by atoms with Crippen molar-refractivity contribution in [2.24, 2.45) is 0 Å². The van der Waals surface area contributed by atoms with Gasteiger partial charge in [-0.2, -0.15) is 5.26 Å². The van der Waals surface area contributed by atoms with E-state index in [1.165, 1.54) is 4.90 Å². The van der Waals surface area contributed by atoms with E-state index in [-0.39, 0.29) is 5.91 Å².